The van der Waals surface area contributed by atoms with Gasteiger partial charge in [0, 0.05) is 37.2 Å². The van der Waals surface area contributed by atoms with E-state index in [4.69, 9.17) is 32.8 Å². The lowest BCUT2D eigenvalue weighted by molar-refractivity contribution is -0.239. The first-order chi connectivity index (χ1) is 20.3. The van der Waals surface area contributed by atoms with Gasteiger partial charge in [-0.25, -0.2) is 4.79 Å². The van der Waals surface area contributed by atoms with Crippen molar-refractivity contribution in [1.82, 2.24) is 0 Å². The normalized spacial score (nSPS) is 32.1. The number of esters is 2. The molecule has 0 N–H and O–H groups in total. The van der Waals surface area contributed by atoms with Gasteiger partial charge in [0.05, 0.1) is 51.8 Å². The Morgan fingerprint density at radius 2 is 1.66 bits per heavy atom. The van der Waals surface area contributed by atoms with E-state index in [0.29, 0.717) is 37.4 Å². The molecule has 1 heterocycles. The van der Waals surface area contributed by atoms with Crippen molar-refractivity contribution in [2.24, 2.45) is 28.6 Å². The zero-order chi connectivity index (χ0) is 32.9. The molecule has 0 aromatic heterocycles. The molecule has 0 amide bonds. The predicted molar refractivity (Wildman–Crippen MR) is 169 cm³/mol. The Labute approximate surface area is 265 Å². The van der Waals surface area contributed by atoms with Crippen molar-refractivity contribution in [3.8, 4) is 0 Å². The Morgan fingerprint density at radius 3 is 2.20 bits per heavy atom. The number of hydrogen-bond donors (Lipinski definition) is 0. The highest BCUT2D eigenvalue weighted by Gasteiger charge is 2.65. The van der Waals surface area contributed by atoms with Gasteiger partial charge in [-0.2, -0.15) is 0 Å². The number of carbonyl (C=O) groups excluding carboxylic acids is 2. The van der Waals surface area contributed by atoms with Gasteiger partial charge < -0.3 is 32.8 Å². The third-order valence-electron chi connectivity index (χ3n) is 11.8. The minimum absolute atomic E-state index is 0.00350. The first kappa shape index (κ1) is 35.1. The van der Waals surface area contributed by atoms with Gasteiger partial charge in [-0.1, -0.05) is 46.3 Å². The monoisotopic (exact) mass is 636 g/mol. The zero-order valence-corrected chi connectivity index (χ0v) is 30.1. The quantitative estimate of drug-likeness (QED) is 0.121. The molecule has 0 unspecified atom stereocenters. The molecule has 3 aliphatic carbocycles. The van der Waals surface area contributed by atoms with E-state index in [9.17, 15) is 9.59 Å². The summed E-state index contributed by atoms with van der Waals surface area (Å²) in [6.07, 6.45) is 5.03. The van der Waals surface area contributed by atoms with E-state index in [1.807, 2.05) is 13.8 Å². The lowest BCUT2D eigenvalue weighted by Gasteiger charge is -2.63. The number of hydrogen-bond acceptors (Lipinski definition) is 9. The summed E-state index contributed by atoms with van der Waals surface area (Å²) in [5.41, 5.74) is 0.799. The van der Waals surface area contributed by atoms with E-state index in [1.54, 1.807) is 7.11 Å². The topological polar surface area (TPSA) is 98.8 Å². The van der Waals surface area contributed by atoms with Gasteiger partial charge in [0.2, 0.25) is 8.32 Å². The third-order valence-corrected chi connectivity index (χ3v) is 16.2. The summed E-state index contributed by atoms with van der Waals surface area (Å²) in [4.78, 5) is 27.0. The highest BCUT2D eigenvalue weighted by molar-refractivity contribution is 6.74. The van der Waals surface area contributed by atoms with Gasteiger partial charge in [0.1, 0.15) is 0 Å². The van der Waals surface area contributed by atoms with Gasteiger partial charge in [-0.3, -0.25) is 4.79 Å². The molecule has 0 aromatic carbocycles. The van der Waals surface area contributed by atoms with Crippen molar-refractivity contribution < 1.29 is 42.4 Å². The minimum Gasteiger partial charge on any atom is -0.546 e. The molecule has 5 atom stereocenters. The second-order valence-electron chi connectivity index (χ2n) is 15.4. The maximum atomic E-state index is 13.8. The van der Waals surface area contributed by atoms with Gasteiger partial charge in [-0.05, 0) is 56.2 Å². The molecule has 4 rings (SSSR count). The molecule has 1 aliphatic heterocycles. The summed E-state index contributed by atoms with van der Waals surface area (Å²) < 4.78 is 42.6. The first-order valence-corrected chi connectivity index (χ1v) is 19.0. The molecule has 44 heavy (non-hydrogen) atoms. The van der Waals surface area contributed by atoms with Crippen LogP contribution < -0.4 is 0 Å². The molecule has 0 radical (unpaired) electrons. The summed E-state index contributed by atoms with van der Waals surface area (Å²) >= 11 is 0. The molecule has 9 nitrogen and oxygen atoms in total. The number of carbonyl (C=O) groups is 2. The van der Waals surface area contributed by atoms with Crippen LogP contribution in [-0.4, -0.2) is 73.0 Å². The lowest BCUT2D eigenvalue weighted by atomic mass is 9.43. The predicted octanol–water partition coefficient (Wildman–Crippen LogP) is 6.53. The van der Waals surface area contributed by atoms with Crippen LogP contribution in [0.2, 0.25) is 18.1 Å². The van der Waals surface area contributed by atoms with Crippen LogP contribution in [0.5, 0.6) is 0 Å². The zero-order valence-electron chi connectivity index (χ0n) is 29.1. The highest BCUT2D eigenvalue weighted by Crippen LogP contribution is 2.68. The summed E-state index contributed by atoms with van der Waals surface area (Å²) in [6, 6.07) is 0. The average molecular weight is 637 g/mol. The van der Waals surface area contributed by atoms with Crippen LogP contribution in [0.4, 0.5) is 0 Å². The largest absolute Gasteiger partial charge is 0.546 e. The molecule has 2 fully saturated rings. The Kier molecular flexibility index (Phi) is 9.69. The Balaban J connectivity index is 1.97. The van der Waals surface area contributed by atoms with Crippen molar-refractivity contribution in [1.29, 1.82) is 0 Å². The summed E-state index contributed by atoms with van der Waals surface area (Å²) in [5.74, 6) is -2.24. The SMILES string of the molecule is COC(=O)C[C@H]1C(C(=O)OC)=C(O[Si](C)(C)C(C)(C)C)C[C@H]2[C@@]1(COC(C)(C)OC)CC=C1[C@H](C)C3(CC[C@@]12C)OCCO3. The molecular formula is C34H56O9Si. The summed E-state index contributed by atoms with van der Waals surface area (Å²) in [6.45, 7) is 20.7. The molecule has 10 heteroatoms. The van der Waals surface area contributed by atoms with Crippen LogP contribution in [0.3, 0.4) is 0 Å². The number of ether oxygens (including phenoxy) is 6. The maximum Gasteiger partial charge on any atom is 0.337 e. The van der Waals surface area contributed by atoms with Gasteiger partial charge in [-0.15, -0.1) is 0 Å². The molecule has 1 spiro atoms. The fourth-order valence-electron chi connectivity index (χ4n) is 7.95. The fourth-order valence-corrected chi connectivity index (χ4v) is 9.07. The van der Waals surface area contributed by atoms with E-state index in [-0.39, 0.29) is 35.3 Å². The minimum atomic E-state index is -2.40. The van der Waals surface area contributed by atoms with Crippen molar-refractivity contribution >= 4 is 20.3 Å². The van der Waals surface area contributed by atoms with Crippen LogP contribution >= 0.6 is 0 Å². The third kappa shape index (κ3) is 5.94. The van der Waals surface area contributed by atoms with E-state index >= 15 is 0 Å². The molecule has 4 aliphatic rings. The molecule has 0 bridgehead atoms. The van der Waals surface area contributed by atoms with Crippen LogP contribution in [-0.2, 0) is 42.4 Å². The van der Waals surface area contributed by atoms with Crippen LogP contribution in [0.1, 0.15) is 80.6 Å². The number of fused-ring (bicyclic) bond motifs is 3. The summed E-state index contributed by atoms with van der Waals surface area (Å²) in [5, 5.41) is -0.108. The van der Waals surface area contributed by atoms with Crippen LogP contribution in [0.15, 0.2) is 23.0 Å². The number of methoxy groups -OCH3 is 3. The van der Waals surface area contributed by atoms with E-state index < -0.39 is 43.2 Å². The first-order valence-electron chi connectivity index (χ1n) is 16.1. The molecule has 1 saturated carbocycles. The molecule has 250 valence electrons. The van der Waals surface area contributed by atoms with E-state index in [1.165, 1.54) is 19.8 Å². The van der Waals surface area contributed by atoms with Crippen molar-refractivity contribution in [2.45, 2.75) is 110 Å². The van der Waals surface area contributed by atoms with Crippen molar-refractivity contribution in [2.75, 3.05) is 41.2 Å². The van der Waals surface area contributed by atoms with Gasteiger partial charge in [0.25, 0.3) is 0 Å². The van der Waals surface area contributed by atoms with Gasteiger partial charge >= 0.3 is 11.9 Å². The molecular weight excluding hydrogens is 580 g/mol. The summed E-state index contributed by atoms with van der Waals surface area (Å²) in [7, 11) is 2.00. The number of allylic oxidation sites excluding steroid dienone is 2. The van der Waals surface area contributed by atoms with Crippen LogP contribution in [0.25, 0.3) is 0 Å². The maximum absolute atomic E-state index is 13.8. The standard InChI is InChI=1S/C34H56O9Si/c1-22-23-13-14-33(21-42-31(5,6)39-10)24(19-27(35)37-8)28(29(36)38-9)25(43-44(11,12)30(2,3)4)20-26(33)32(23,7)15-16-34(22)40-17-18-41-34/h13,22,24,26H,14-21H2,1-12H3/t22-,24-,26+,32-,33+/m0/s1. The lowest BCUT2D eigenvalue weighted by Crippen LogP contribution is -2.60. The smallest absolute Gasteiger partial charge is 0.337 e. The van der Waals surface area contributed by atoms with Crippen molar-refractivity contribution in [3.05, 3.63) is 23.0 Å². The van der Waals surface area contributed by atoms with Crippen molar-refractivity contribution in [3.63, 3.8) is 0 Å². The van der Waals surface area contributed by atoms with Gasteiger partial charge in [0.15, 0.2) is 11.6 Å². The Bertz CT molecular complexity index is 1180. The molecule has 0 aromatic rings. The highest BCUT2D eigenvalue weighted by atomic mass is 28.4. The number of rotatable bonds is 9. The second-order valence-corrected chi connectivity index (χ2v) is 20.1. The van der Waals surface area contributed by atoms with E-state index in [0.717, 1.165) is 12.8 Å². The second kappa shape index (κ2) is 12.1. The Hall–Kier alpha value is -1.72. The fraction of sp³-hybridized carbons (Fsp3) is 0.824. The van der Waals surface area contributed by atoms with E-state index in [2.05, 4.69) is 53.8 Å². The molecule has 1 saturated heterocycles. The Morgan fingerprint density at radius 1 is 1.02 bits per heavy atom. The average Bonchev–Trinajstić information content (AvgIpc) is 3.44. The van der Waals surface area contributed by atoms with Crippen LogP contribution in [0, 0.1) is 28.6 Å².